The van der Waals surface area contributed by atoms with E-state index in [0.29, 0.717) is 15.7 Å². The molecular weight excluding hydrogens is 593 g/mol. The standard InChI is InChI=1S/C33H22Cl3N3O3/c1-17-10-11-19(35)15-26(17)39-31(41)28-27-20-6-2-4-8-23(20)33(29(28)32(39)42,24-9-5-3-7-21(24)27)16-37-38-30(40)22-13-12-18(34)14-25(22)36/h2-16,27-29H,1H3,(H,38,40)/b37-16-/t27?,28-,29-,33?/m1/s1. The summed E-state index contributed by atoms with van der Waals surface area (Å²) in [4.78, 5) is 43.2. The zero-order chi connectivity index (χ0) is 29.3. The van der Waals surface area contributed by atoms with Crippen LogP contribution in [0, 0.1) is 18.8 Å². The third-order valence-corrected chi connectivity index (χ3v) is 9.49. The summed E-state index contributed by atoms with van der Waals surface area (Å²) in [7, 11) is 0. The second-order valence-corrected chi connectivity index (χ2v) is 12.1. The van der Waals surface area contributed by atoms with Gasteiger partial charge in [-0.2, -0.15) is 5.10 Å². The van der Waals surface area contributed by atoms with E-state index in [9.17, 15) is 14.4 Å². The Kier molecular flexibility index (Phi) is 6.28. The van der Waals surface area contributed by atoms with Crippen LogP contribution in [0.15, 0.2) is 90.0 Å². The first kappa shape index (κ1) is 26.9. The SMILES string of the molecule is Cc1ccc(Cl)cc1N1C(=O)[C@@H]2C3c4ccccc4C(/C=N\NC(=O)c4ccc(Cl)cc4Cl)(c4ccccc43)[C@H]2C1=O. The second kappa shape index (κ2) is 9.80. The van der Waals surface area contributed by atoms with Crippen LogP contribution < -0.4 is 10.3 Å². The molecule has 9 heteroatoms. The summed E-state index contributed by atoms with van der Waals surface area (Å²) in [5.41, 5.74) is 6.57. The van der Waals surface area contributed by atoms with Crippen LogP contribution in [0.2, 0.25) is 15.1 Å². The molecule has 0 saturated carbocycles. The van der Waals surface area contributed by atoms with Gasteiger partial charge in [0.1, 0.15) is 0 Å². The smallest absolute Gasteiger partial charge is 0.272 e. The topological polar surface area (TPSA) is 78.8 Å². The highest BCUT2D eigenvalue weighted by Gasteiger charge is 2.68. The lowest BCUT2D eigenvalue weighted by molar-refractivity contribution is -0.122. The second-order valence-electron chi connectivity index (χ2n) is 10.8. The predicted octanol–water partition coefficient (Wildman–Crippen LogP) is 6.92. The van der Waals surface area contributed by atoms with Crippen LogP contribution in [-0.4, -0.2) is 23.9 Å². The predicted molar refractivity (Wildman–Crippen MR) is 164 cm³/mol. The molecule has 1 saturated heterocycles. The van der Waals surface area contributed by atoms with Gasteiger partial charge in [-0.1, -0.05) is 89.4 Å². The number of hydrogen-bond acceptors (Lipinski definition) is 4. The minimum Gasteiger partial charge on any atom is -0.274 e. The van der Waals surface area contributed by atoms with Crippen LogP contribution in [-0.2, 0) is 15.0 Å². The number of hydrazone groups is 1. The van der Waals surface area contributed by atoms with Crippen molar-refractivity contribution in [3.8, 4) is 0 Å². The highest BCUT2D eigenvalue weighted by molar-refractivity contribution is 6.36. The van der Waals surface area contributed by atoms with E-state index >= 15 is 0 Å². The fourth-order valence-corrected chi connectivity index (χ4v) is 7.70. The number of nitrogens with one attached hydrogen (secondary N) is 1. The molecule has 3 amide bonds. The summed E-state index contributed by atoms with van der Waals surface area (Å²) in [5, 5.41) is 5.45. The van der Waals surface area contributed by atoms with E-state index in [0.717, 1.165) is 27.8 Å². The molecule has 0 aromatic heterocycles. The van der Waals surface area contributed by atoms with Gasteiger partial charge in [0.05, 0.1) is 33.5 Å². The first-order valence-corrected chi connectivity index (χ1v) is 14.5. The quantitative estimate of drug-likeness (QED) is 0.154. The molecule has 42 heavy (non-hydrogen) atoms. The molecule has 0 spiro atoms. The van der Waals surface area contributed by atoms with Crippen molar-refractivity contribution in [3.63, 3.8) is 0 Å². The fraction of sp³-hybridized carbons (Fsp3) is 0.152. The summed E-state index contributed by atoms with van der Waals surface area (Å²) < 4.78 is 0. The van der Waals surface area contributed by atoms with Crippen molar-refractivity contribution < 1.29 is 14.4 Å². The maximum Gasteiger partial charge on any atom is 0.272 e. The molecule has 4 aromatic carbocycles. The number of rotatable bonds is 4. The Morgan fingerprint density at radius 1 is 0.857 bits per heavy atom. The Labute approximate surface area is 256 Å². The summed E-state index contributed by atoms with van der Waals surface area (Å²) in [6, 6.07) is 25.4. The van der Waals surface area contributed by atoms with Crippen molar-refractivity contribution in [1.29, 1.82) is 0 Å². The van der Waals surface area contributed by atoms with Gasteiger partial charge in [-0.3, -0.25) is 14.4 Å². The minimum atomic E-state index is -1.13. The molecule has 8 rings (SSSR count). The molecule has 0 radical (unpaired) electrons. The Morgan fingerprint density at radius 2 is 1.48 bits per heavy atom. The van der Waals surface area contributed by atoms with Crippen molar-refractivity contribution in [2.75, 3.05) is 4.90 Å². The summed E-state index contributed by atoms with van der Waals surface area (Å²) in [5.74, 6) is -2.92. The average molecular weight is 615 g/mol. The van der Waals surface area contributed by atoms with Crippen molar-refractivity contribution in [2.24, 2.45) is 16.9 Å². The van der Waals surface area contributed by atoms with Gasteiger partial charge < -0.3 is 0 Å². The van der Waals surface area contributed by atoms with Gasteiger partial charge in [0.15, 0.2) is 0 Å². The largest absolute Gasteiger partial charge is 0.274 e. The number of aryl methyl sites for hydroxylation is 1. The van der Waals surface area contributed by atoms with Gasteiger partial charge in [0.2, 0.25) is 11.8 Å². The molecule has 1 N–H and O–H groups in total. The van der Waals surface area contributed by atoms with E-state index in [1.807, 2.05) is 55.5 Å². The zero-order valence-electron chi connectivity index (χ0n) is 22.1. The number of amides is 3. The number of hydrogen-bond donors (Lipinski definition) is 1. The molecule has 4 aromatic rings. The van der Waals surface area contributed by atoms with Crippen molar-refractivity contribution in [1.82, 2.24) is 5.43 Å². The molecule has 208 valence electrons. The summed E-state index contributed by atoms with van der Waals surface area (Å²) in [6.45, 7) is 1.85. The highest BCUT2D eigenvalue weighted by Crippen LogP contribution is 2.63. The summed E-state index contributed by atoms with van der Waals surface area (Å²) >= 11 is 18.6. The number of nitrogens with zero attached hydrogens (tertiary/aromatic N) is 2. The first-order chi connectivity index (χ1) is 20.2. The molecule has 3 aliphatic carbocycles. The number of carbonyl (C=O) groups is 3. The van der Waals surface area contributed by atoms with E-state index in [-0.39, 0.29) is 28.3 Å². The van der Waals surface area contributed by atoms with E-state index in [1.165, 1.54) is 17.0 Å². The van der Waals surface area contributed by atoms with Crippen LogP contribution >= 0.6 is 34.8 Å². The van der Waals surface area contributed by atoms with E-state index in [2.05, 4.69) is 10.5 Å². The molecule has 2 atom stereocenters. The van der Waals surface area contributed by atoms with Gasteiger partial charge in [-0.15, -0.1) is 0 Å². The molecule has 2 bridgehead atoms. The van der Waals surface area contributed by atoms with E-state index < -0.39 is 23.2 Å². The average Bonchev–Trinajstić information content (AvgIpc) is 3.25. The van der Waals surface area contributed by atoms with Gasteiger partial charge in [0, 0.05) is 22.2 Å². The maximum atomic E-state index is 14.5. The lowest BCUT2D eigenvalue weighted by Gasteiger charge is -2.52. The zero-order valence-corrected chi connectivity index (χ0v) is 24.4. The van der Waals surface area contributed by atoms with Crippen molar-refractivity contribution >= 4 is 64.4 Å². The van der Waals surface area contributed by atoms with Gasteiger partial charge >= 0.3 is 0 Å². The van der Waals surface area contributed by atoms with Crippen LogP contribution in [0.25, 0.3) is 0 Å². The van der Waals surface area contributed by atoms with Crippen LogP contribution in [0.3, 0.4) is 0 Å². The van der Waals surface area contributed by atoms with Gasteiger partial charge in [0.25, 0.3) is 5.91 Å². The van der Waals surface area contributed by atoms with E-state index in [4.69, 9.17) is 34.8 Å². The number of benzene rings is 4. The van der Waals surface area contributed by atoms with Crippen molar-refractivity contribution in [2.45, 2.75) is 18.3 Å². The van der Waals surface area contributed by atoms with Crippen LogP contribution in [0.1, 0.15) is 44.1 Å². The molecule has 6 nitrogen and oxygen atoms in total. The van der Waals surface area contributed by atoms with E-state index in [1.54, 1.807) is 30.5 Å². The fourth-order valence-electron chi connectivity index (χ4n) is 7.04. The number of halogens is 3. The molecule has 1 fully saturated rings. The number of imide groups is 1. The molecule has 0 unspecified atom stereocenters. The minimum absolute atomic E-state index is 0.186. The normalized spacial score (nSPS) is 23.6. The Balaban J connectivity index is 1.40. The summed E-state index contributed by atoms with van der Waals surface area (Å²) in [6.07, 6.45) is 1.61. The first-order valence-electron chi connectivity index (χ1n) is 13.4. The van der Waals surface area contributed by atoms with Crippen LogP contribution in [0.5, 0.6) is 0 Å². The highest BCUT2D eigenvalue weighted by atomic mass is 35.5. The van der Waals surface area contributed by atoms with Gasteiger partial charge in [-0.25, -0.2) is 10.3 Å². The van der Waals surface area contributed by atoms with Crippen LogP contribution in [0.4, 0.5) is 5.69 Å². The lowest BCUT2D eigenvalue weighted by atomic mass is 9.47. The Morgan fingerprint density at radius 3 is 2.14 bits per heavy atom. The lowest BCUT2D eigenvalue weighted by Crippen LogP contribution is -2.54. The third-order valence-electron chi connectivity index (χ3n) is 8.71. The number of anilines is 1. The third kappa shape index (κ3) is 3.72. The Bertz CT molecular complexity index is 1820. The molecule has 4 aliphatic rings. The molecule has 1 heterocycles. The number of carbonyl (C=O) groups excluding carboxylic acids is 3. The molecule has 1 aliphatic heterocycles. The maximum absolute atomic E-state index is 14.5. The monoisotopic (exact) mass is 613 g/mol. The van der Waals surface area contributed by atoms with Crippen molar-refractivity contribution in [3.05, 3.63) is 133 Å². The Hall–Kier alpha value is -3.97. The van der Waals surface area contributed by atoms with Gasteiger partial charge in [-0.05, 0) is 65.1 Å². The molecular formula is C33H22Cl3N3O3.